The number of anilines is 1. The van der Waals surface area contributed by atoms with E-state index in [1.54, 1.807) is 0 Å². The zero-order chi connectivity index (χ0) is 11.9. The predicted molar refractivity (Wildman–Crippen MR) is 73.5 cm³/mol. The van der Waals surface area contributed by atoms with Gasteiger partial charge < -0.3 is 5.32 Å². The molecule has 1 N–H and O–H groups in total. The van der Waals surface area contributed by atoms with Crippen molar-refractivity contribution in [3.05, 3.63) is 65.2 Å². The monoisotopic (exact) mass is 244 g/mol. The van der Waals surface area contributed by atoms with Crippen LogP contribution in [0.15, 0.2) is 48.5 Å². The van der Waals surface area contributed by atoms with Crippen LogP contribution in [0.2, 0.25) is 5.02 Å². The fourth-order valence-electron chi connectivity index (χ4n) is 1.72. The molecule has 87 valence electrons. The highest BCUT2D eigenvalue weighted by Gasteiger charge is 1.95. The third-order valence-electron chi connectivity index (χ3n) is 2.58. The molecule has 0 fully saturated rings. The van der Waals surface area contributed by atoms with Crippen molar-refractivity contribution < 1.29 is 0 Å². The van der Waals surface area contributed by atoms with Crippen molar-refractivity contribution in [1.29, 1.82) is 0 Å². The van der Waals surface area contributed by atoms with Crippen LogP contribution in [0.3, 0.4) is 0 Å². The van der Waals surface area contributed by atoms with E-state index < -0.39 is 0 Å². The highest BCUT2D eigenvalue weighted by Crippen LogP contribution is 2.12. The highest BCUT2D eigenvalue weighted by molar-refractivity contribution is 6.30. The Morgan fingerprint density at radius 3 is 2.71 bits per heavy atom. The molecule has 0 aliphatic rings. The SMILES string of the molecule is Clc1cccc(CCCNc2cc[c]cc2)c1. The van der Waals surface area contributed by atoms with Gasteiger partial charge in [-0.25, -0.2) is 0 Å². The third kappa shape index (κ3) is 4.12. The molecule has 0 amide bonds. The van der Waals surface area contributed by atoms with Gasteiger partial charge in [0.2, 0.25) is 0 Å². The maximum Gasteiger partial charge on any atom is 0.0408 e. The van der Waals surface area contributed by atoms with Gasteiger partial charge in [0, 0.05) is 17.3 Å². The van der Waals surface area contributed by atoms with Gasteiger partial charge in [0.15, 0.2) is 0 Å². The van der Waals surface area contributed by atoms with E-state index >= 15 is 0 Å². The lowest BCUT2D eigenvalue weighted by Gasteiger charge is -2.06. The molecule has 0 aromatic heterocycles. The molecule has 0 saturated carbocycles. The number of rotatable bonds is 5. The highest BCUT2D eigenvalue weighted by atomic mass is 35.5. The number of halogens is 1. The number of nitrogens with one attached hydrogen (secondary N) is 1. The van der Waals surface area contributed by atoms with Gasteiger partial charge in [0.1, 0.15) is 0 Å². The van der Waals surface area contributed by atoms with Crippen molar-refractivity contribution in [1.82, 2.24) is 0 Å². The predicted octanol–water partition coefficient (Wildman–Crippen LogP) is 4.18. The Morgan fingerprint density at radius 2 is 1.94 bits per heavy atom. The quantitative estimate of drug-likeness (QED) is 0.778. The summed E-state index contributed by atoms with van der Waals surface area (Å²) < 4.78 is 0. The fraction of sp³-hybridized carbons (Fsp3) is 0.200. The lowest BCUT2D eigenvalue weighted by molar-refractivity contribution is 0.863. The maximum absolute atomic E-state index is 5.93. The first kappa shape index (κ1) is 12.0. The summed E-state index contributed by atoms with van der Waals surface area (Å²) in [6.07, 6.45) is 2.14. The maximum atomic E-state index is 5.93. The molecule has 2 rings (SSSR count). The van der Waals surface area contributed by atoms with Gasteiger partial charge in [-0.2, -0.15) is 0 Å². The van der Waals surface area contributed by atoms with Crippen LogP contribution in [0.4, 0.5) is 5.69 Å². The Bertz CT molecular complexity index is 453. The normalized spacial score (nSPS) is 10.2. The number of benzene rings is 2. The zero-order valence-corrected chi connectivity index (χ0v) is 10.4. The first-order valence-corrected chi connectivity index (χ1v) is 6.17. The minimum absolute atomic E-state index is 0.814. The van der Waals surface area contributed by atoms with Crippen LogP contribution in [0, 0.1) is 6.07 Å². The van der Waals surface area contributed by atoms with Crippen molar-refractivity contribution in [2.45, 2.75) is 12.8 Å². The second-order valence-corrected chi connectivity index (χ2v) is 4.39. The number of hydrogen-bond acceptors (Lipinski definition) is 1. The molecule has 0 heterocycles. The minimum Gasteiger partial charge on any atom is -0.385 e. The van der Waals surface area contributed by atoms with Crippen LogP contribution in [0.1, 0.15) is 12.0 Å². The van der Waals surface area contributed by atoms with E-state index in [4.69, 9.17) is 11.6 Å². The van der Waals surface area contributed by atoms with Gasteiger partial charge in [-0.3, -0.25) is 0 Å². The van der Waals surface area contributed by atoms with E-state index in [0.29, 0.717) is 0 Å². The molecule has 0 bridgehead atoms. The van der Waals surface area contributed by atoms with E-state index in [0.717, 1.165) is 30.1 Å². The van der Waals surface area contributed by atoms with Gasteiger partial charge >= 0.3 is 0 Å². The summed E-state index contributed by atoms with van der Waals surface area (Å²) in [5, 5.41) is 4.19. The summed E-state index contributed by atoms with van der Waals surface area (Å²) in [5.41, 5.74) is 2.44. The van der Waals surface area contributed by atoms with Crippen LogP contribution >= 0.6 is 11.6 Å². The zero-order valence-electron chi connectivity index (χ0n) is 9.62. The van der Waals surface area contributed by atoms with Crippen LogP contribution in [0.5, 0.6) is 0 Å². The molecule has 0 aliphatic heterocycles. The molecular formula is C15H15ClN. The molecule has 2 aromatic rings. The van der Waals surface area contributed by atoms with Crippen molar-refractivity contribution in [3.63, 3.8) is 0 Å². The molecular weight excluding hydrogens is 230 g/mol. The van der Waals surface area contributed by atoms with E-state index in [-0.39, 0.29) is 0 Å². The van der Waals surface area contributed by atoms with E-state index in [1.165, 1.54) is 5.56 Å². The molecule has 0 saturated heterocycles. The van der Waals surface area contributed by atoms with Crippen molar-refractivity contribution >= 4 is 17.3 Å². The standard InChI is InChI=1S/C15H15ClN/c16-14-8-4-6-13(12-14)7-5-11-17-15-9-2-1-3-10-15/h2-4,6,8-10,12,17H,5,7,11H2. The summed E-state index contributed by atoms with van der Waals surface area (Å²) >= 11 is 5.93. The lowest BCUT2D eigenvalue weighted by Crippen LogP contribution is -2.02. The van der Waals surface area contributed by atoms with Gasteiger partial charge in [-0.1, -0.05) is 35.9 Å². The van der Waals surface area contributed by atoms with Crippen LogP contribution in [-0.4, -0.2) is 6.54 Å². The topological polar surface area (TPSA) is 12.0 Å². The molecule has 2 aromatic carbocycles. The number of hydrogen-bond donors (Lipinski definition) is 1. The molecule has 0 spiro atoms. The molecule has 0 atom stereocenters. The van der Waals surface area contributed by atoms with Crippen molar-refractivity contribution in [2.24, 2.45) is 0 Å². The fourth-order valence-corrected chi connectivity index (χ4v) is 1.94. The van der Waals surface area contributed by atoms with E-state index in [2.05, 4.69) is 17.4 Å². The van der Waals surface area contributed by atoms with Crippen molar-refractivity contribution in [3.8, 4) is 0 Å². The summed E-state index contributed by atoms with van der Waals surface area (Å²) in [4.78, 5) is 0. The van der Waals surface area contributed by atoms with E-state index in [9.17, 15) is 0 Å². The average molecular weight is 245 g/mol. The van der Waals surface area contributed by atoms with Crippen LogP contribution < -0.4 is 5.32 Å². The van der Waals surface area contributed by atoms with Crippen molar-refractivity contribution in [2.75, 3.05) is 11.9 Å². The van der Waals surface area contributed by atoms with Crippen LogP contribution in [-0.2, 0) is 6.42 Å². The average Bonchev–Trinajstić information content (AvgIpc) is 2.36. The molecule has 1 nitrogen and oxygen atoms in total. The summed E-state index contributed by atoms with van der Waals surface area (Å²) in [6, 6.07) is 18.9. The third-order valence-corrected chi connectivity index (χ3v) is 2.81. The largest absolute Gasteiger partial charge is 0.385 e. The molecule has 0 aliphatic carbocycles. The lowest BCUT2D eigenvalue weighted by atomic mass is 10.1. The minimum atomic E-state index is 0.814. The summed E-state index contributed by atoms with van der Waals surface area (Å²) in [7, 11) is 0. The molecule has 0 unspecified atom stereocenters. The molecule has 17 heavy (non-hydrogen) atoms. The van der Waals surface area contributed by atoms with Gasteiger partial charge in [0.25, 0.3) is 0 Å². The van der Waals surface area contributed by atoms with Gasteiger partial charge in [0.05, 0.1) is 0 Å². The number of aryl methyl sites for hydroxylation is 1. The smallest absolute Gasteiger partial charge is 0.0408 e. The Morgan fingerprint density at radius 1 is 1.12 bits per heavy atom. The Labute approximate surface area is 107 Å². The second kappa shape index (κ2) is 6.31. The Hall–Kier alpha value is -1.47. The first-order chi connectivity index (χ1) is 8.34. The molecule has 2 heteroatoms. The van der Waals surface area contributed by atoms with Gasteiger partial charge in [-0.05, 0) is 48.7 Å². The summed E-state index contributed by atoms with van der Waals surface area (Å²) in [6.45, 7) is 0.969. The Kier molecular flexibility index (Phi) is 4.45. The van der Waals surface area contributed by atoms with Gasteiger partial charge in [-0.15, -0.1) is 0 Å². The Balaban J connectivity index is 1.73. The van der Waals surface area contributed by atoms with E-state index in [1.807, 2.05) is 42.5 Å². The van der Waals surface area contributed by atoms with Crippen LogP contribution in [0.25, 0.3) is 0 Å². The second-order valence-electron chi connectivity index (χ2n) is 3.95. The summed E-state index contributed by atoms with van der Waals surface area (Å²) in [5.74, 6) is 0. The molecule has 1 radical (unpaired) electrons. The first-order valence-electron chi connectivity index (χ1n) is 5.79.